The minimum atomic E-state index is -0.447. The van der Waals surface area contributed by atoms with Crippen LogP contribution in [0.4, 0.5) is 5.69 Å². The molecule has 1 aromatic heterocycles. The average Bonchev–Trinajstić information content (AvgIpc) is 2.59. The van der Waals surface area contributed by atoms with E-state index in [9.17, 15) is 10.1 Å². The Bertz CT molecular complexity index is 516. The molecule has 5 heteroatoms. The molecule has 2 rings (SSSR count). The van der Waals surface area contributed by atoms with Crippen LogP contribution in [0.3, 0.4) is 0 Å². The number of aromatic nitrogens is 1. The van der Waals surface area contributed by atoms with Gasteiger partial charge >= 0.3 is 0 Å². The Morgan fingerprint density at radius 3 is 2.80 bits per heavy atom. The molecule has 0 fully saturated rings. The molecule has 0 aliphatic carbocycles. The molecule has 0 aliphatic rings. The SMILES string of the molecule is CC(C)c1nc2ccc([N+](=O)[O-])cc2o1. The molecular formula is C10H10N2O3. The van der Waals surface area contributed by atoms with Gasteiger partial charge in [-0.15, -0.1) is 0 Å². The van der Waals surface area contributed by atoms with Gasteiger partial charge in [-0.3, -0.25) is 10.1 Å². The van der Waals surface area contributed by atoms with Crippen molar-refractivity contribution >= 4 is 16.8 Å². The van der Waals surface area contributed by atoms with Crippen molar-refractivity contribution in [3.05, 3.63) is 34.2 Å². The zero-order valence-electron chi connectivity index (χ0n) is 8.43. The van der Waals surface area contributed by atoms with E-state index in [2.05, 4.69) is 4.98 Å². The van der Waals surface area contributed by atoms with Crippen molar-refractivity contribution < 1.29 is 9.34 Å². The van der Waals surface area contributed by atoms with Gasteiger partial charge in [0.1, 0.15) is 5.52 Å². The van der Waals surface area contributed by atoms with Crippen LogP contribution in [-0.4, -0.2) is 9.91 Å². The molecule has 0 spiro atoms. The highest BCUT2D eigenvalue weighted by molar-refractivity contribution is 5.75. The van der Waals surface area contributed by atoms with Gasteiger partial charge in [0.25, 0.3) is 5.69 Å². The molecule has 78 valence electrons. The number of hydrogen-bond donors (Lipinski definition) is 0. The van der Waals surface area contributed by atoms with Crippen LogP contribution in [0.5, 0.6) is 0 Å². The lowest BCUT2D eigenvalue weighted by atomic mass is 10.2. The molecule has 0 saturated heterocycles. The maximum atomic E-state index is 10.5. The number of nitro benzene ring substituents is 1. The summed E-state index contributed by atoms with van der Waals surface area (Å²) in [5, 5.41) is 10.5. The fourth-order valence-corrected chi connectivity index (χ4v) is 1.29. The number of hydrogen-bond acceptors (Lipinski definition) is 4. The third kappa shape index (κ3) is 1.68. The van der Waals surface area contributed by atoms with Crippen LogP contribution in [-0.2, 0) is 0 Å². The van der Waals surface area contributed by atoms with Gasteiger partial charge in [0, 0.05) is 12.0 Å². The van der Waals surface area contributed by atoms with E-state index in [1.54, 1.807) is 6.07 Å². The van der Waals surface area contributed by atoms with Gasteiger partial charge in [0.05, 0.1) is 11.0 Å². The molecule has 5 nitrogen and oxygen atoms in total. The summed E-state index contributed by atoms with van der Waals surface area (Å²) in [6, 6.07) is 4.42. The molecule has 0 N–H and O–H groups in total. The number of non-ortho nitro benzene ring substituents is 1. The van der Waals surface area contributed by atoms with Crippen molar-refractivity contribution in [3.63, 3.8) is 0 Å². The number of oxazole rings is 1. The van der Waals surface area contributed by atoms with Gasteiger partial charge in [-0.1, -0.05) is 13.8 Å². The van der Waals surface area contributed by atoms with Crippen molar-refractivity contribution in [1.29, 1.82) is 0 Å². The van der Waals surface area contributed by atoms with E-state index in [0.29, 0.717) is 17.0 Å². The maximum absolute atomic E-state index is 10.5. The summed E-state index contributed by atoms with van der Waals surface area (Å²) in [6.07, 6.45) is 0. The van der Waals surface area contributed by atoms with Crippen LogP contribution in [0, 0.1) is 10.1 Å². The average molecular weight is 206 g/mol. The van der Waals surface area contributed by atoms with E-state index in [-0.39, 0.29) is 11.6 Å². The summed E-state index contributed by atoms with van der Waals surface area (Å²) in [5.74, 6) is 0.780. The van der Waals surface area contributed by atoms with Crippen molar-refractivity contribution in [2.75, 3.05) is 0 Å². The van der Waals surface area contributed by atoms with Crippen LogP contribution in [0.2, 0.25) is 0 Å². The van der Waals surface area contributed by atoms with E-state index in [1.807, 2.05) is 13.8 Å². The molecule has 0 amide bonds. The minimum absolute atomic E-state index is 0.0222. The second kappa shape index (κ2) is 3.34. The van der Waals surface area contributed by atoms with Gasteiger partial charge in [-0.25, -0.2) is 4.98 Å². The highest BCUT2D eigenvalue weighted by atomic mass is 16.6. The van der Waals surface area contributed by atoms with Crippen molar-refractivity contribution in [2.24, 2.45) is 0 Å². The zero-order chi connectivity index (χ0) is 11.0. The van der Waals surface area contributed by atoms with Crippen LogP contribution in [0.25, 0.3) is 11.1 Å². The fraction of sp³-hybridized carbons (Fsp3) is 0.300. The monoisotopic (exact) mass is 206 g/mol. The van der Waals surface area contributed by atoms with E-state index in [1.165, 1.54) is 12.1 Å². The van der Waals surface area contributed by atoms with Crippen molar-refractivity contribution in [1.82, 2.24) is 4.98 Å². The molecule has 0 bridgehead atoms. The van der Waals surface area contributed by atoms with Gasteiger partial charge in [0.15, 0.2) is 11.5 Å². The first-order chi connectivity index (χ1) is 7.08. The fourth-order valence-electron chi connectivity index (χ4n) is 1.29. The lowest BCUT2D eigenvalue weighted by Gasteiger charge is -1.93. The quantitative estimate of drug-likeness (QED) is 0.559. The standard InChI is InChI=1S/C10H10N2O3/c1-6(2)10-11-8-4-3-7(12(13)14)5-9(8)15-10/h3-6H,1-2H3. The first kappa shape index (κ1) is 9.64. The Labute approximate surface area is 85.9 Å². The van der Waals surface area contributed by atoms with Crippen LogP contribution in [0.15, 0.2) is 22.6 Å². The van der Waals surface area contributed by atoms with Gasteiger partial charge < -0.3 is 4.42 Å². The third-order valence-electron chi connectivity index (χ3n) is 2.09. The molecule has 15 heavy (non-hydrogen) atoms. The maximum Gasteiger partial charge on any atom is 0.273 e. The molecule has 1 aromatic carbocycles. The molecule has 0 radical (unpaired) electrons. The van der Waals surface area contributed by atoms with Gasteiger partial charge in [-0.2, -0.15) is 0 Å². The van der Waals surface area contributed by atoms with E-state index in [0.717, 1.165) is 0 Å². The lowest BCUT2D eigenvalue weighted by molar-refractivity contribution is -0.384. The van der Waals surface area contributed by atoms with E-state index < -0.39 is 4.92 Å². The number of fused-ring (bicyclic) bond motifs is 1. The van der Waals surface area contributed by atoms with Crippen LogP contribution in [0.1, 0.15) is 25.7 Å². The smallest absolute Gasteiger partial charge is 0.273 e. The lowest BCUT2D eigenvalue weighted by Crippen LogP contribution is -1.86. The summed E-state index contributed by atoms with van der Waals surface area (Å²) < 4.78 is 5.40. The second-order valence-electron chi connectivity index (χ2n) is 3.62. The number of rotatable bonds is 2. The summed E-state index contributed by atoms with van der Waals surface area (Å²) >= 11 is 0. The van der Waals surface area contributed by atoms with Crippen molar-refractivity contribution in [3.8, 4) is 0 Å². The Morgan fingerprint density at radius 2 is 2.20 bits per heavy atom. The molecule has 0 unspecified atom stereocenters. The summed E-state index contributed by atoms with van der Waals surface area (Å²) in [5.41, 5.74) is 1.14. The van der Waals surface area contributed by atoms with Crippen LogP contribution >= 0.6 is 0 Å². The largest absolute Gasteiger partial charge is 0.440 e. The minimum Gasteiger partial charge on any atom is -0.440 e. The van der Waals surface area contributed by atoms with Crippen LogP contribution < -0.4 is 0 Å². The number of nitrogens with zero attached hydrogens (tertiary/aromatic N) is 2. The topological polar surface area (TPSA) is 69.2 Å². The normalized spacial score (nSPS) is 11.1. The molecule has 2 aromatic rings. The molecule has 0 atom stereocenters. The van der Waals surface area contributed by atoms with E-state index in [4.69, 9.17) is 4.42 Å². The first-order valence-corrected chi connectivity index (χ1v) is 4.63. The number of benzene rings is 1. The Hall–Kier alpha value is -1.91. The first-order valence-electron chi connectivity index (χ1n) is 4.63. The number of nitro groups is 1. The molecule has 0 saturated carbocycles. The zero-order valence-corrected chi connectivity index (χ0v) is 8.43. The highest BCUT2D eigenvalue weighted by Gasteiger charge is 2.12. The predicted molar refractivity (Wildman–Crippen MR) is 54.8 cm³/mol. The van der Waals surface area contributed by atoms with Crippen molar-refractivity contribution in [2.45, 2.75) is 19.8 Å². The highest BCUT2D eigenvalue weighted by Crippen LogP contribution is 2.24. The van der Waals surface area contributed by atoms with Gasteiger partial charge in [-0.05, 0) is 6.07 Å². The van der Waals surface area contributed by atoms with Gasteiger partial charge in [0.2, 0.25) is 0 Å². The summed E-state index contributed by atoms with van der Waals surface area (Å²) in [4.78, 5) is 14.3. The second-order valence-corrected chi connectivity index (χ2v) is 3.62. The third-order valence-corrected chi connectivity index (χ3v) is 2.09. The Kier molecular flexibility index (Phi) is 2.15. The summed E-state index contributed by atoms with van der Waals surface area (Å²) in [6.45, 7) is 3.91. The Morgan fingerprint density at radius 1 is 1.47 bits per heavy atom. The van der Waals surface area contributed by atoms with E-state index >= 15 is 0 Å². The molecular weight excluding hydrogens is 196 g/mol. The Balaban J connectivity index is 2.57. The summed E-state index contributed by atoms with van der Waals surface area (Å²) in [7, 11) is 0. The molecule has 1 heterocycles. The predicted octanol–water partition coefficient (Wildman–Crippen LogP) is 2.86. The molecule has 0 aliphatic heterocycles.